The second kappa shape index (κ2) is 7.36. The van der Waals surface area contributed by atoms with E-state index in [1.54, 1.807) is 6.20 Å². The summed E-state index contributed by atoms with van der Waals surface area (Å²) < 4.78 is 5.68. The topological polar surface area (TPSA) is 58.3 Å². The molecule has 0 N–H and O–H groups in total. The molecule has 0 spiro atoms. The summed E-state index contributed by atoms with van der Waals surface area (Å²) in [6, 6.07) is 13.4. The van der Waals surface area contributed by atoms with Crippen molar-refractivity contribution in [2.75, 3.05) is 31.1 Å². The second-order valence-electron chi connectivity index (χ2n) is 7.74. The van der Waals surface area contributed by atoms with Crippen molar-refractivity contribution in [1.29, 1.82) is 0 Å². The standard InChI is InChI=1S/C22H25N5O/c1-16-6-9-21(28-16)20-15-23-25-22(24-20)27-12-10-26(11-13-27)19-8-7-17-4-2-3-5-18(17)14-19/h2-6,9,15,19H,7-8,10-14H2,1H3. The highest BCUT2D eigenvalue weighted by Gasteiger charge is 2.28. The number of anilines is 1. The summed E-state index contributed by atoms with van der Waals surface area (Å²) in [7, 11) is 0. The quantitative estimate of drug-likeness (QED) is 0.701. The van der Waals surface area contributed by atoms with Gasteiger partial charge in [-0.25, -0.2) is 4.98 Å². The SMILES string of the molecule is Cc1ccc(-c2cnnc(N3CCN(C4CCc5ccccc5C4)CC3)n2)o1. The maximum absolute atomic E-state index is 5.68. The fourth-order valence-corrected chi connectivity index (χ4v) is 4.40. The van der Waals surface area contributed by atoms with Crippen LogP contribution in [0.25, 0.3) is 11.5 Å². The molecule has 5 rings (SSSR count). The van der Waals surface area contributed by atoms with Gasteiger partial charge in [-0.05, 0) is 49.4 Å². The zero-order chi connectivity index (χ0) is 18.9. The Hall–Kier alpha value is -2.73. The molecule has 6 heteroatoms. The van der Waals surface area contributed by atoms with Gasteiger partial charge in [0, 0.05) is 32.2 Å². The number of fused-ring (bicyclic) bond motifs is 1. The predicted molar refractivity (Wildman–Crippen MR) is 108 cm³/mol. The van der Waals surface area contributed by atoms with Gasteiger partial charge in [-0.2, -0.15) is 5.10 Å². The first-order valence-corrected chi connectivity index (χ1v) is 10.1. The van der Waals surface area contributed by atoms with Crippen LogP contribution in [0.5, 0.6) is 0 Å². The van der Waals surface area contributed by atoms with Crippen LogP contribution in [0.2, 0.25) is 0 Å². The maximum Gasteiger partial charge on any atom is 0.246 e. The number of rotatable bonds is 3. The van der Waals surface area contributed by atoms with Gasteiger partial charge in [0.05, 0.1) is 6.20 Å². The average molecular weight is 375 g/mol. The van der Waals surface area contributed by atoms with Crippen molar-refractivity contribution in [2.45, 2.75) is 32.2 Å². The van der Waals surface area contributed by atoms with Crippen LogP contribution < -0.4 is 4.90 Å². The largest absolute Gasteiger partial charge is 0.460 e. The molecule has 0 amide bonds. The third-order valence-corrected chi connectivity index (χ3v) is 5.97. The lowest BCUT2D eigenvalue weighted by Gasteiger charge is -2.41. The highest BCUT2D eigenvalue weighted by atomic mass is 16.3. The molecule has 0 saturated carbocycles. The van der Waals surface area contributed by atoms with Crippen molar-refractivity contribution in [3.63, 3.8) is 0 Å². The number of furan rings is 1. The second-order valence-corrected chi connectivity index (χ2v) is 7.74. The van der Waals surface area contributed by atoms with Gasteiger partial charge in [0.25, 0.3) is 0 Å². The molecule has 2 aromatic heterocycles. The Morgan fingerprint density at radius 3 is 2.61 bits per heavy atom. The van der Waals surface area contributed by atoms with Gasteiger partial charge in [-0.1, -0.05) is 24.3 Å². The molecule has 2 aliphatic rings. The van der Waals surface area contributed by atoms with E-state index in [1.807, 2.05) is 19.1 Å². The minimum absolute atomic E-state index is 0.647. The first-order valence-electron chi connectivity index (χ1n) is 10.1. The Balaban J connectivity index is 1.24. The van der Waals surface area contributed by atoms with Crippen LogP contribution in [-0.4, -0.2) is 52.3 Å². The fraction of sp³-hybridized carbons (Fsp3) is 0.409. The average Bonchev–Trinajstić information content (AvgIpc) is 3.20. The summed E-state index contributed by atoms with van der Waals surface area (Å²) >= 11 is 0. The van der Waals surface area contributed by atoms with Gasteiger partial charge in [0.15, 0.2) is 5.76 Å². The van der Waals surface area contributed by atoms with E-state index in [0.29, 0.717) is 12.0 Å². The Labute approximate surface area is 165 Å². The monoisotopic (exact) mass is 375 g/mol. The van der Waals surface area contributed by atoms with E-state index in [9.17, 15) is 0 Å². The molecule has 0 bridgehead atoms. The van der Waals surface area contributed by atoms with Crippen LogP contribution >= 0.6 is 0 Å². The summed E-state index contributed by atoms with van der Waals surface area (Å²) in [5.74, 6) is 2.31. The van der Waals surface area contributed by atoms with Gasteiger partial charge in [0.1, 0.15) is 11.5 Å². The molecule has 144 valence electrons. The van der Waals surface area contributed by atoms with E-state index in [4.69, 9.17) is 4.42 Å². The Morgan fingerprint density at radius 1 is 1.00 bits per heavy atom. The Morgan fingerprint density at radius 2 is 1.82 bits per heavy atom. The zero-order valence-corrected chi connectivity index (χ0v) is 16.2. The van der Waals surface area contributed by atoms with Crippen molar-refractivity contribution >= 4 is 5.95 Å². The predicted octanol–water partition coefficient (Wildman–Crippen LogP) is 3.12. The van der Waals surface area contributed by atoms with E-state index in [2.05, 4.69) is 49.2 Å². The smallest absolute Gasteiger partial charge is 0.246 e. The number of nitrogens with zero attached hydrogens (tertiary/aromatic N) is 5. The van der Waals surface area contributed by atoms with Gasteiger partial charge in [0.2, 0.25) is 5.95 Å². The highest BCUT2D eigenvalue weighted by Crippen LogP contribution is 2.26. The normalized spacial score (nSPS) is 20.2. The number of aryl methyl sites for hydroxylation is 2. The highest BCUT2D eigenvalue weighted by molar-refractivity contribution is 5.52. The van der Waals surface area contributed by atoms with Gasteiger partial charge >= 0.3 is 0 Å². The molecule has 28 heavy (non-hydrogen) atoms. The molecule has 1 aliphatic carbocycles. The summed E-state index contributed by atoms with van der Waals surface area (Å²) in [5.41, 5.74) is 3.79. The summed E-state index contributed by atoms with van der Waals surface area (Å²) in [4.78, 5) is 9.56. The molecule has 3 aromatic rings. The van der Waals surface area contributed by atoms with E-state index in [1.165, 1.54) is 30.4 Å². The number of aromatic nitrogens is 3. The third kappa shape index (κ3) is 3.40. The molecule has 1 unspecified atom stereocenters. The lowest BCUT2D eigenvalue weighted by Crippen LogP contribution is -2.52. The lowest BCUT2D eigenvalue weighted by molar-refractivity contribution is 0.169. The van der Waals surface area contributed by atoms with Crippen LogP contribution in [0.1, 0.15) is 23.3 Å². The van der Waals surface area contributed by atoms with E-state index >= 15 is 0 Å². The minimum atomic E-state index is 0.647. The molecule has 1 saturated heterocycles. The molecule has 0 radical (unpaired) electrons. The van der Waals surface area contributed by atoms with Gasteiger partial charge < -0.3 is 9.32 Å². The van der Waals surface area contributed by atoms with E-state index in [0.717, 1.165) is 43.4 Å². The van der Waals surface area contributed by atoms with Crippen molar-refractivity contribution < 1.29 is 4.42 Å². The molecular formula is C22H25N5O. The molecule has 3 heterocycles. The first kappa shape index (κ1) is 17.4. The van der Waals surface area contributed by atoms with Crippen LogP contribution in [0, 0.1) is 6.92 Å². The fourth-order valence-electron chi connectivity index (χ4n) is 4.40. The van der Waals surface area contributed by atoms with Crippen LogP contribution in [0.15, 0.2) is 47.0 Å². The summed E-state index contributed by atoms with van der Waals surface area (Å²) in [5, 5.41) is 8.42. The van der Waals surface area contributed by atoms with Crippen molar-refractivity contribution in [3.05, 3.63) is 59.5 Å². The maximum atomic E-state index is 5.68. The molecule has 6 nitrogen and oxygen atoms in total. The lowest BCUT2D eigenvalue weighted by atomic mass is 9.87. The minimum Gasteiger partial charge on any atom is -0.460 e. The molecular weight excluding hydrogens is 350 g/mol. The van der Waals surface area contributed by atoms with Crippen molar-refractivity contribution in [1.82, 2.24) is 20.1 Å². The molecule has 1 atom stereocenters. The molecule has 1 aliphatic heterocycles. The van der Waals surface area contributed by atoms with E-state index < -0.39 is 0 Å². The van der Waals surface area contributed by atoms with Crippen LogP contribution in [0.3, 0.4) is 0 Å². The molecule has 1 fully saturated rings. The molecule has 1 aromatic carbocycles. The van der Waals surface area contributed by atoms with Crippen molar-refractivity contribution in [2.24, 2.45) is 0 Å². The number of benzene rings is 1. The summed E-state index contributed by atoms with van der Waals surface area (Å²) in [6.45, 7) is 5.88. The number of hydrogen-bond donors (Lipinski definition) is 0. The van der Waals surface area contributed by atoms with Gasteiger partial charge in [-0.3, -0.25) is 4.90 Å². The van der Waals surface area contributed by atoms with Crippen molar-refractivity contribution in [3.8, 4) is 11.5 Å². The van der Waals surface area contributed by atoms with E-state index in [-0.39, 0.29) is 0 Å². The Kier molecular flexibility index (Phi) is 4.56. The first-order chi connectivity index (χ1) is 13.8. The Bertz CT molecular complexity index is 961. The summed E-state index contributed by atoms with van der Waals surface area (Å²) in [6.07, 6.45) is 5.28. The zero-order valence-electron chi connectivity index (χ0n) is 16.2. The third-order valence-electron chi connectivity index (χ3n) is 5.97. The number of piperazine rings is 1. The van der Waals surface area contributed by atoms with Crippen LogP contribution in [-0.2, 0) is 12.8 Å². The van der Waals surface area contributed by atoms with Gasteiger partial charge in [-0.15, -0.1) is 5.10 Å². The van der Waals surface area contributed by atoms with Crippen LogP contribution in [0.4, 0.5) is 5.95 Å². The number of hydrogen-bond acceptors (Lipinski definition) is 6.